The van der Waals surface area contributed by atoms with Crippen LogP contribution in [0.4, 0.5) is 0 Å². The predicted molar refractivity (Wildman–Crippen MR) is 49.9 cm³/mol. The van der Waals surface area contributed by atoms with Crippen LogP contribution in [-0.4, -0.2) is 15.4 Å². The minimum Gasteiger partial charge on any atom is -0.293 e. The highest BCUT2D eigenvalue weighted by molar-refractivity contribution is 5.95. The van der Waals surface area contributed by atoms with Crippen molar-refractivity contribution in [3.63, 3.8) is 0 Å². The zero-order chi connectivity index (χ0) is 9.42. The Labute approximate surface area is 76.0 Å². The van der Waals surface area contributed by atoms with Gasteiger partial charge < -0.3 is 0 Å². The van der Waals surface area contributed by atoms with Gasteiger partial charge in [0.25, 0.3) is 0 Å². The van der Waals surface area contributed by atoms with Crippen LogP contribution in [-0.2, 0) is 0 Å². The summed E-state index contributed by atoms with van der Waals surface area (Å²) in [6.45, 7) is 3.45. The van der Waals surface area contributed by atoms with Crippen LogP contribution in [0.25, 0.3) is 5.52 Å². The standard InChI is InChI=1S/C10H10N2O/c1-7-9-5-3-4-6-12(9)11-10(7)8(2)13/h3-6H,1-2H3. The van der Waals surface area contributed by atoms with Gasteiger partial charge in [0.15, 0.2) is 5.78 Å². The molecule has 0 aliphatic rings. The van der Waals surface area contributed by atoms with Gasteiger partial charge in [-0.2, -0.15) is 5.10 Å². The number of hydrogen-bond donors (Lipinski definition) is 0. The number of carbonyl (C=O) groups excluding carboxylic acids is 1. The molecule has 0 spiro atoms. The molecule has 0 aliphatic heterocycles. The van der Waals surface area contributed by atoms with Crippen LogP contribution >= 0.6 is 0 Å². The predicted octanol–water partition coefficient (Wildman–Crippen LogP) is 1.85. The molecule has 2 heterocycles. The summed E-state index contributed by atoms with van der Waals surface area (Å²) < 4.78 is 1.73. The number of aryl methyl sites for hydroxylation is 1. The van der Waals surface area contributed by atoms with Gasteiger partial charge in [0, 0.05) is 18.7 Å². The van der Waals surface area contributed by atoms with Gasteiger partial charge in [-0.25, -0.2) is 4.52 Å². The zero-order valence-corrected chi connectivity index (χ0v) is 7.61. The fourth-order valence-electron chi connectivity index (χ4n) is 1.46. The summed E-state index contributed by atoms with van der Waals surface area (Å²) in [5.74, 6) is 0.0150. The van der Waals surface area contributed by atoms with Gasteiger partial charge in [0.05, 0.1) is 5.52 Å². The normalized spacial score (nSPS) is 10.6. The molecule has 0 atom stereocenters. The SMILES string of the molecule is CC(=O)c1nn2ccccc2c1C. The molecular formula is C10H10N2O. The Kier molecular flexibility index (Phi) is 1.65. The number of nitrogens with zero attached hydrogens (tertiary/aromatic N) is 2. The average Bonchev–Trinajstić information content (AvgIpc) is 2.45. The van der Waals surface area contributed by atoms with E-state index in [9.17, 15) is 4.79 Å². The summed E-state index contributed by atoms with van der Waals surface area (Å²) in [4.78, 5) is 11.2. The Balaban J connectivity index is 2.81. The molecule has 0 aliphatic carbocycles. The van der Waals surface area contributed by atoms with Crippen molar-refractivity contribution in [1.82, 2.24) is 9.61 Å². The van der Waals surface area contributed by atoms with Crippen LogP contribution in [0.15, 0.2) is 24.4 Å². The van der Waals surface area contributed by atoms with Crippen molar-refractivity contribution in [3.05, 3.63) is 35.7 Å². The molecule has 0 unspecified atom stereocenters. The van der Waals surface area contributed by atoms with Crippen molar-refractivity contribution in [2.24, 2.45) is 0 Å². The summed E-state index contributed by atoms with van der Waals surface area (Å²) in [5, 5.41) is 4.18. The third-order valence-corrected chi connectivity index (χ3v) is 2.12. The lowest BCUT2D eigenvalue weighted by molar-refractivity contribution is 0.101. The molecule has 0 radical (unpaired) electrons. The first-order chi connectivity index (χ1) is 6.20. The fraction of sp³-hybridized carbons (Fsp3) is 0.200. The van der Waals surface area contributed by atoms with Crippen molar-refractivity contribution in [1.29, 1.82) is 0 Å². The first kappa shape index (κ1) is 7.98. The molecule has 2 aromatic rings. The lowest BCUT2D eigenvalue weighted by atomic mass is 10.2. The van der Waals surface area contributed by atoms with Gasteiger partial charge in [0.1, 0.15) is 5.69 Å². The van der Waals surface area contributed by atoms with Crippen molar-refractivity contribution in [3.8, 4) is 0 Å². The molecule has 2 rings (SSSR count). The summed E-state index contributed by atoms with van der Waals surface area (Å²) in [5.41, 5.74) is 2.51. The highest BCUT2D eigenvalue weighted by Gasteiger charge is 2.10. The van der Waals surface area contributed by atoms with E-state index in [1.807, 2.05) is 31.3 Å². The smallest absolute Gasteiger partial charge is 0.180 e. The number of rotatable bonds is 1. The Bertz CT molecular complexity index is 471. The van der Waals surface area contributed by atoms with Gasteiger partial charge in [-0.1, -0.05) is 6.07 Å². The zero-order valence-electron chi connectivity index (χ0n) is 7.61. The minimum absolute atomic E-state index is 0.0150. The van der Waals surface area contributed by atoms with Crippen LogP contribution in [0.3, 0.4) is 0 Å². The van der Waals surface area contributed by atoms with E-state index < -0.39 is 0 Å². The van der Waals surface area contributed by atoms with Crippen molar-refractivity contribution < 1.29 is 4.79 Å². The van der Waals surface area contributed by atoms with Crippen molar-refractivity contribution in [2.75, 3.05) is 0 Å². The van der Waals surface area contributed by atoms with Crippen LogP contribution < -0.4 is 0 Å². The summed E-state index contributed by atoms with van der Waals surface area (Å²) in [7, 11) is 0. The molecule has 0 N–H and O–H groups in total. The second-order valence-corrected chi connectivity index (χ2v) is 3.06. The summed E-state index contributed by atoms with van der Waals surface area (Å²) >= 11 is 0. The first-order valence-electron chi connectivity index (χ1n) is 4.15. The van der Waals surface area contributed by atoms with Gasteiger partial charge in [0.2, 0.25) is 0 Å². The summed E-state index contributed by atoms with van der Waals surface area (Å²) in [6.07, 6.45) is 1.84. The largest absolute Gasteiger partial charge is 0.293 e. The van der Waals surface area contributed by atoms with Crippen LogP contribution in [0.2, 0.25) is 0 Å². The number of pyridine rings is 1. The van der Waals surface area contributed by atoms with E-state index in [-0.39, 0.29) is 5.78 Å². The lowest BCUT2D eigenvalue weighted by Gasteiger charge is -1.89. The average molecular weight is 174 g/mol. The molecule has 13 heavy (non-hydrogen) atoms. The molecule has 0 fully saturated rings. The van der Waals surface area contributed by atoms with E-state index in [1.165, 1.54) is 6.92 Å². The first-order valence-corrected chi connectivity index (χ1v) is 4.15. The Morgan fingerprint density at radius 3 is 2.85 bits per heavy atom. The van der Waals surface area contributed by atoms with Crippen LogP contribution in [0, 0.1) is 6.92 Å². The lowest BCUT2D eigenvalue weighted by Crippen LogP contribution is -1.95. The van der Waals surface area contributed by atoms with E-state index in [1.54, 1.807) is 4.52 Å². The number of fused-ring (bicyclic) bond motifs is 1. The quantitative estimate of drug-likeness (QED) is 0.618. The Morgan fingerprint density at radius 2 is 2.23 bits per heavy atom. The number of carbonyl (C=O) groups is 1. The maximum atomic E-state index is 11.2. The Hall–Kier alpha value is -1.64. The molecule has 3 heteroatoms. The van der Waals surface area contributed by atoms with Crippen LogP contribution in [0.5, 0.6) is 0 Å². The van der Waals surface area contributed by atoms with E-state index in [2.05, 4.69) is 5.10 Å². The highest BCUT2D eigenvalue weighted by Crippen LogP contribution is 2.14. The number of aromatic nitrogens is 2. The second kappa shape index (κ2) is 2.69. The Morgan fingerprint density at radius 1 is 1.46 bits per heavy atom. The molecule has 66 valence electrons. The highest BCUT2D eigenvalue weighted by atomic mass is 16.1. The topological polar surface area (TPSA) is 34.4 Å². The van der Waals surface area contributed by atoms with E-state index >= 15 is 0 Å². The molecule has 2 aromatic heterocycles. The van der Waals surface area contributed by atoms with E-state index in [4.69, 9.17) is 0 Å². The molecule has 0 aromatic carbocycles. The van der Waals surface area contributed by atoms with Crippen molar-refractivity contribution >= 4 is 11.3 Å². The molecule has 0 bridgehead atoms. The monoisotopic (exact) mass is 174 g/mol. The number of Topliss-reactive ketones (excluding diaryl/α,β-unsaturated/α-hetero) is 1. The van der Waals surface area contributed by atoms with Gasteiger partial charge in [-0.3, -0.25) is 4.79 Å². The molecule has 0 saturated carbocycles. The minimum atomic E-state index is 0.0150. The van der Waals surface area contributed by atoms with Gasteiger partial charge >= 0.3 is 0 Å². The third-order valence-electron chi connectivity index (χ3n) is 2.12. The molecular weight excluding hydrogens is 164 g/mol. The van der Waals surface area contributed by atoms with Gasteiger partial charge in [-0.15, -0.1) is 0 Å². The van der Waals surface area contributed by atoms with Crippen molar-refractivity contribution in [2.45, 2.75) is 13.8 Å². The third kappa shape index (κ3) is 1.13. The van der Waals surface area contributed by atoms with Gasteiger partial charge in [-0.05, 0) is 19.1 Å². The maximum absolute atomic E-state index is 11.2. The molecule has 3 nitrogen and oxygen atoms in total. The molecule has 0 saturated heterocycles. The second-order valence-electron chi connectivity index (χ2n) is 3.06. The molecule has 0 amide bonds. The van der Waals surface area contributed by atoms with E-state index in [0.717, 1.165) is 11.1 Å². The van der Waals surface area contributed by atoms with Crippen LogP contribution in [0.1, 0.15) is 23.0 Å². The fourth-order valence-corrected chi connectivity index (χ4v) is 1.46. The van der Waals surface area contributed by atoms with E-state index in [0.29, 0.717) is 5.69 Å². The number of ketones is 1. The summed E-state index contributed by atoms with van der Waals surface area (Å²) in [6, 6.07) is 5.78. The maximum Gasteiger partial charge on any atom is 0.180 e. The number of hydrogen-bond acceptors (Lipinski definition) is 2.